The van der Waals surface area contributed by atoms with Gasteiger partial charge in [0.15, 0.2) is 0 Å². The Hall–Kier alpha value is -3.08. The molecule has 1 unspecified atom stereocenters. The zero-order valence-electron chi connectivity index (χ0n) is 17.3. The quantitative estimate of drug-likeness (QED) is 0.660. The van der Waals surface area contributed by atoms with Gasteiger partial charge in [-0.05, 0) is 36.5 Å². The Kier molecular flexibility index (Phi) is 6.08. The first kappa shape index (κ1) is 23.1. The first-order chi connectivity index (χ1) is 15.5. The van der Waals surface area contributed by atoms with Crippen molar-refractivity contribution in [2.24, 2.45) is 5.92 Å². The van der Waals surface area contributed by atoms with E-state index in [1.807, 2.05) is 0 Å². The zero-order valence-corrected chi connectivity index (χ0v) is 17.3. The molecule has 33 heavy (non-hydrogen) atoms. The van der Waals surface area contributed by atoms with Crippen LogP contribution in [0.25, 0.3) is 0 Å². The van der Waals surface area contributed by atoms with Gasteiger partial charge in [0.2, 0.25) is 0 Å². The van der Waals surface area contributed by atoms with Gasteiger partial charge in [-0.15, -0.1) is 0 Å². The van der Waals surface area contributed by atoms with Crippen molar-refractivity contribution in [1.82, 2.24) is 15.2 Å². The lowest BCUT2D eigenvalue weighted by molar-refractivity contribution is -0.138. The third-order valence-electron chi connectivity index (χ3n) is 5.78. The highest BCUT2D eigenvalue weighted by Gasteiger charge is 2.39. The van der Waals surface area contributed by atoms with Gasteiger partial charge in [-0.2, -0.15) is 13.2 Å². The number of pyridine rings is 1. The van der Waals surface area contributed by atoms with Crippen LogP contribution in [0.4, 0.5) is 22.0 Å². The number of aliphatic hydroxyl groups is 1. The number of aromatic nitrogens is 1. The van der Waals surface area contributed by atoms with Gasteiger partial charge in [0, 0.05) is 37.8 Å². The third kappa shape index (κ3) is 4.97. The van der Waals surface area contributed by atoms with Crippen LogP contribution in [-0.2, 0) is 19.1 Å². The number of hydrogen-bond acceptors (Lipinski definition) is 4. The fourth-order valence-corrected chi connectivity index (χ4v) is 3.82. The van der Waals surface area contributed by atoms with Gasteiger partial charge >= 0.3 is 6.18 Å². The van der Waals surface area contributed by atoms with Gasteiger partial charge in [0.1, 0.15) is 17.3 Å². The van der Waals surface area contributed by atoms with E-state index >= 15 is 0 Å². The largest absolute Gasteiger partial charge is 0.417 e. The zero-order chi connectivity index (χ0) is 23.9. The summed E-state index contributed by atoms with van der Waals surface area (Å²) in [5.74, 6) is -4.49. The topological polar surface area (TPSA) is 82.5 Å². The summed E-state index contributed by atoms with van der Waals surface area (Å²) in [4.78, 5) is 30.4. The molecule has 2 aliphatic rings. The highest BCUT2D eigenvalue weighted by molar-refractivity contribution is 5.96. The standard InChI is InChI=1S/C22H20F5N3O3/c23-13-7-14(22(25,26)27)19(15(24)8-13)21(33)30-6-5-16-12(10-30)3-4-17(29-16)20(32)28-9-18(31)11-1-2-11/h3-4,7-8,11,18,31H,1-2,5-6,9-10H2,(H,28,32). The molecule has 0 spiro atoms. The maximum absolute atomic E-state index is 14.2. The molecule has 1 aliphatic carbocycles. The van der Waals surface area contributed by atoms with E-state index in [-0.39, 0.29) is 49.8 Å². The van der Waals surface area contributed by atoms with Crippen LogP contribution in [0.15, 0.2) is 24.3 Å². The summed E-state index contributed by atoms with van der Waals surface area (Å²) in [7, 11) is 0. The van der Waals surface area contributed by atoms with Crippen molar-refractivity contribution in [3.05, 3.63) is 64.0 Å². The molecule has 176 valence electrons. The summed E-state index contributed by atoms with van der Waals surface area (Å²) in [5, 5.41) is 12.5. The Balaban J connectivity index is 1.49. The first-order valence-corrected chi connectivity index (χ1v) is 10.3. The molecule has 2 N–H and O–H groups in total. The number of amides is 2. The van der Waals surface area contributed by atoms with Crippen molar-refractivity contribution in [3.8, 4) is 0 Å². The first-order valence-electron chi connectivity index (χ1n) is 10.3. The van der Waals surface area contributed by atoms with E-state index < -0.39 is 46.9 Å². The number of halogens is 5. The van der Waals surface area contributed by atoms with Gasteiger partial charge in [0.25, 0.3) is 11.8 Å². The summed E-state index contributed by atoms with van der Waals surface area (Å²) < 4.78 is 67.4. The number of rotatable bonds is 5. The van der Waals surface area contributed by atoms with E-state index in [9.17, 15) is 36.6 Å². The average molecular weight is 469 g/mol. The molecule has 2 amide bonds. The number of nitrogens with one attached hydrogen (secondary N) is 1. The molecular weight excluding hydrogens is 449 g/mol. The molecule has 1 aromatic carbocycles. The highest BCUT2D eigenvalue weighted by atomic mass is 19.4. The smallest absolute Gasteiger partial charge is 0.391 e. The Morgan fingerprint density at radius 3 is 2.61 bits per heavy atom. The molecule has 2 heterocycles. The molecular formula is C22H20F5N3O3. The Morgan fingerprint density at radius 2 is 1.94 bits per heavy atom. The maximum atomic E-state index is 14.2. The fraction of sp³-hybridized carbons (Fsp3) is 0.409. The minimum atomic E-state index is -5.11. The Bertz CT molecular complexity index is 1100. The number of carbonyl (C=O) groups excluding carboxylic acids is 2. The molecule has 0 bridgehead atoms. The molecule has 1 saturated carbocycles. The number of hydrogen-bond donors (Lipinski definition) is 2. The van der Waals surface area contributed by atoms with Gasteiger partial charge in [0.05, 0.1) is 17.2 Å². The van der Waals surface area contributed by atoms with Crippen molar-refractivity contribution < 1.29 is 36.6 Å². The Morgan fingerprint density at radius 1 is 1.21 bits per heavy atom. The number of nitrogens with zero attached hydrogens (tertiary/aromatic N) is 2. The number of alkyl halides is 3. The fourth-order valence-electron chi connectivity index (χ4n) is 3.82. The minimum Gasteiger partial charge on any atom is -0.391 e. The van der Waals surface area contributed by atoms with Crippen molar-refractivity contribution in [2.45, 2.75) is 38.1 Å². The highest BCUT2D eigenvalue weighted by Crippen LogP contribution is 2.35. The molecule has 0 radical (unpaired) electrons. The molecule has 2 aromatic rings. The second kappa shape index (κ2) is 8.69. The predicted molar refractivity (Wildman–Crippen MR) is 105 cm³/mol. The normalized spacial score (nSPS) is 16.8. The molecule has 1 aliphatic heterocycles. The van der Waals surface area contributed by atoms with E-state index in [0.29, 0.717) is 11.3 Å². The Labute approximate surface area is 185 Å². The second-order valence-electron chi connectivity index (χ2n) is 8.20. The van der Waals surface area contributed by atoms with Crippen LogP contribution in [0.5, 0.6) is 0 Å². The van der Waals surface area contributed by atoms with Crippen LogP contribution in [0.2, 0.25) is 0 Å². The van der Waals surface area contributed by atoms with Crippen molar-refractivity contribution >= 4 is 11.8 Å². The monoisotopic (exact) mass is 469 g/mol. The summed E-state index contributed by atoms with van der Waals surface area (Å²) in [6.45, 7) is -0.0920. The average Bonchev–Trinajstić information content (AvgIpc) is 3.60. The molecule has 0 saturated heterocycles. The summed E-state index contributed by atoms with van der Waals surface area (Å²) in [5.41, 5.74) is -1.80. The van der Waals surface area contributed by atoms with Gasteiger partial charge in [-0.25, -0.2) is 13.8 Å². The molecule has 1 fully saturated rings. The van der Waals surface area contributed by atoms with E-state index in [0.717, 1.165) is 17.7 Å². The number of aliphatic hydroxyl groups excluding tert-OH is 1. The number of fused-ring (bicyclic) bond motifs is 1. The summed E-state index contributed by atoms with van der Waals surface area (Å²) in [6.07, 6.45) is -3.74. The van der Waals surface area contributed by atoms with Crippen molar-refractivity contribution in [2.75, 3.05) is 13.1 Å². The molecule has 1 atom stereocenters. The van der Waals surface area contributed by atoms with E-state index in [2.05, 4.69) is 10.3 Å². The maximum Gasteiger partial charge on any atom is 0.417 e. The lowest BCUT2D eigenvalue weighted by Crippen LogP contribution is -2.38. The van der Waals surface area contributed by atoms with Crippen molar-refractivity contribution in [3.63, 3.8) is 0 Å². The van der Waals surface area contributed by atoms with Crippen LogP contribution in [0, 0.1) is 17.6 Å². The van der Waals surface area contributed by atoms with E-state index in [1.54, 1.807) is 0 Å². The minimum absolute atomic E-state index is 0.0571. The second-order valence-corrected chi connectivity index (χ2v) is 8.20. The van der Waals surface area contributed by atoms with Gasteiger partial charge in [-0.3, -0.25) is 9.59 Å². The molecule has 1 aromatic heterocycles. The van der Waals surface area contributed by atoms with Gasteiger partial charge < -0.3 is 15.3 Å². The SMILES string of the molecule is O=C(NCC(O)C1CC1)c1ccc2c(n1)CCN(C(=O)c1c(F)cc(F)cc1C(F)(F)F)C2. The lowest BCUT2D eigenvalue weighted by atomic mass is 10.0. The molecule has 6 nitrogen and oxygen atoms in total. The molecule has 4 rings (SSSR count). The summed E-state index contributed by atoms with van der Waals surface area (Å²) >= 11 is 0. The van der Waals surface area contributed by atoms with E-state index in [4.69, 9.17) is 0 Å². The van der Waals surface area contributed by atoms with Crippen LogP contribution in [0.3, 0.4) is 0 Å². The van der Waals surface area contributed by atoms with E-state index in [1.165, 1.54) is 12.1 Å². The van der Waals surface area contributed by atoms with Crippen LogP contribution in [0.1, 0.15) is 50.5 Å². The number of benzene rings is 1. The summed E-state index contributed by atoms with van der Waals surface area (Å²) in [6, 6.07) is 3.28. The van der Waals surface area contributed by atoms with Crippen LogP contribution >= 0.6 is 0 Å². The predicted octanol–water partition coefficient (Wildman–Crippen LogP) is 3.08. The lowest BCUT2D eigenvalue weighted by Gasteiger charge is -2.29. The third-order valence-corrected chi connectivity index (χ3v) is 5.78. The van der Waals surface area contributed by atoms with Crippen LogP contribution in [-0.4, -0.2) is 46.0 Å². The van der Waals surface area contributed by atoms with Gasteiger partial charge in [-0.1, -0.05) is 6.07 Å². The molecule has 11 heteroatoms. The number of carbonyl (C=O) groups is 2. The van der Waals surface area contributed by atoms with Crippen molar-refractivity contribution in [1.29, 1.82) is 0 Å². The van der Waals surface area contributed by atoms with Crippen LogP contribution < -0.4 is 5.32 Å².